The topological polar surface area (TPSA) is 49.9 Å². The number of halogens is 1. The van der Waals surface area contributed by atoms with Crippen LogP contribution in [-0.4, -0.2) is 81.5 Å². The maximum absolute atomic E-state index is 13.2. The molecule has 1 amide bonds. The highest BCUT2D eigenvalue weighted by molar-refractivity contribution is 7.80. The van der Waals surface area contributed by atoms with Gasteiger partial charge in [-0.25, -0.2) is 9.18 Å². The number of thiol groups is 1. The molecule has 3 aliphatic carbocycles. The van der Waals surface area contributed by atoms with Crippen molar-refractivity contribution in [3.8, 4) is 5.75 Å². The third-order valence-corrected chi connectivity index (χ3v) is 13.3. The predicted molar refractivity (Wildman–Crippen MR) is 214 cm³/mol. The fourth-order valence-corrected chi connectivity index (χ4v) is 9.31. The molecule has 51 heavy (non-hydrogen) atoms. The number of carbonyl (C=O) groups excluding carboxylic acids is 2. The summed E-state index contributed by atoms with van der Waals surface area (Å²) in [4.78, 5) is 30.4. The number of benzene rings is 1. The van der Waals surface area contributed by atoms with Gasteiger partial charge in [0.1, 0.15) is 11.5 Å². The number of ether oxygens (including phenoxy) is 1. The second kappa shape index (κ2) is 19.2. The zero-order valence-corrected chi connectivity index (χ0v) is 33.8. The van der Waals surface area contributed by atoms with Gasteiger partial charge < -0.3 is 14.5 Å². The van der Waals surface area contributed by atoms with E-state index >= 15 is 0 Å². The van der Waals surface area contributed by atoms with E-state index in [-0.39, 0.29) is 11.5 Å². The fraction of sp³-hybridized carbons (Fsp3) is 0.810. The first-order valence-corrected chi connectivity index (χ1v) is 21.0. The van der Waals surface area contributed by atoms with Crippen LogP contribution in [0.1, 0.15) is 148 Å². The molecule has 6 rings (SSSR count). The number of carbonyl (C=O) groups is 2. The molecule has 0 aromatic heterocycles. The van der Waals surface area contributed by atoms with Crippen molar-refractivity contribution in [2.75, 3.05) is 31.9 Å². The molecule has 4 fully saturated rings. The molecule has 2 heterocycles. The Balaban J connectivity index is 0.000000328. The molecular weight excluding hydrogens is 653 g/mol. The molecule has 5 aliphatic rings. The van der Waals surface area contributed by atoms with Crippen LogP contribution in [0.2, 0.25) is 5.72 Å². The van der Waals surface area contributed by atoms with Crippen molar-refractivity contribution in [2.45, 2.75) is 162 Å². The summed E-state index contributed by atoms with van der Waals surface area (Å²) in [6, 6.07) is 5.18. The van der Waals surface area contributed by atoms with E-state index in [2.05, 4.69) is 71.2 Å². The maximum atomic E-state index is 13.2. The number of hydrogen-bond acceptors (Lipinski definition) is 5. The molecule has 5 nitrogen and oxygen atoms in total. The molecule has 0 bridgehead atoms. The third kappa shape index (κ3) is 11.0. The zero-order valence-electron chi connectivity index (χ0n) is 32.9. The molecule has 0 spiro atoms. The summed E-state index contributed by atoms with van der Waals surface area (Å²) in [5.74, 6) is 3.70. The summed E-state index contributed by atoms with van der Waals surface area (Å²) >= 11 is 3.92. The van der Waals surface area contributed by atoms with Gasteiger partial charge in [0.25, 0.3) is 0 Å². The van der Waals surface area contributed by atoms with Gasteiger partial charge in [0.15, 0.2) is 0 Å². The summed E-state index contributed by atoms with van der Waals surface area (Å²) in [6.45, 7) is 17.4. The number of nitrogens with zero attached hydrogens (tertiary/aromatic N) is 2. The number of piperidine rings is 2. The molecule has 2 saturated heterocycles. The van der Waals surface area contributed by atoms with Gasteiger partial charge in [0.2, 0.25) is 0 Å². The van der Waals surface area contributed by atoms with Crippen LogP contribution in [0.3, 0.4) is 0 Å². The minimum absolute atomic E-state index is 0.0802. The van der Waals surface area contributed by atoms with E-state index < -0.39 is 11.9 Å². The summed E-state index contributed by atoms with van der Waals surface area (Å²) < 4.78 is 18.5. The lowest BCUT2D eigenvalue weighted by Crippen LogP contribution is -2.48. The van der Waals surface area contributed by atoms with Crippen LogP contribution in [0.4, 0.5) is 9.18 Å². The van der Waals surface area contributed by atoms with Gasteiger partial charge in [-0.1, -0.05) is 66.2 Å². The summed E-state index contributed by atoms with van der Waals surface area (Å²) in [6.07, 6.45) is 14.4. The van der Waals surface area contributed by atoms with E-state index in [1.54, 1.807) is 0 Å². The number of amides is 1. The molecule has 1 aromatic carbocycles. The lowest BCUT2D eigenvalue weighted by molar-refractivity contribution is -0.129. The largest absolute Gasteiger partial charge is 0.415 e. The molecular formula is C42H67B2FN2O3S. The summed E-state index contributed by atoms with van der Waals surface area (Å²) in [5, 5.41) is 0. The Kier molecular flexibility index (Phi) is 15.9. The van der Waals surface area contributed by atoms with Crippen LogP contribution in [-0.2, 0) is 17.6 Å². The van der Waals surface area contributed by atoms with Gasteiger partial charge >= 0.3 is 6.09 Å². The van der Waals surface area contributed by atoms with E-state index in [0.29, 0.717) is 47.2 Å². The molecule has 4 radical (unpaired) electrons. The maximum Gasteiger partial charge on any atom is 0.415 e. The first-order valence-electron chi connectivity index (χ1n) is 20.4. The van der Waals surface area contributed by atoms with Crippen LogP contribution in [0.5, 0.6) is 5.75 Å². The normalized spacial score (nSPS) is 27.3. The lowest BCUT2D eigenvalue weighted by atomic mass is 9.55. The van der Waals surface area contributed by atoms with Gasteiger partial charge in [-0.3, -0.25) is 4.79 Å². The van der Waals surface area contributed by atoms with E-state index in [1.165, 1.54) is 49.9 Å². The quantitative estimate of drug-likeness (QED) is 0.225. The molecule has 1 aromatic rings. The fourth-order valence-electron chi connectivity index (χ4n) is 9.12. The van der Waals surface area contributed by atoms with E-state index in [9.17, 15) is 14.0 Å². The molecule has 2 aliphatic heterocycles. The number of likely N-dealkylation sites (tertiary alicyclic amines) is 2. The summed E-state index contributed by atoms with van der Waals surface area (Å²) in [5.41, 5.74) is 3.63. The Morgan fingerprint density at radius 1 is 1.02 bits per heavy atom. The Labute approximate surface area is 318 Å². The van der Waals surface area contributed by atoms with Crippen LogP contribution in [0.25, 0.3) is 0 Å². The second-order valence-corrected chi connectivity index (χ2v) is 17.8. The van der Waals surface area contributed by atoms with Crippen LogP contribution < -0.4 is 4.74 Å². The lowest BCUT2D eigenvalue weighted by Gasteiger charge is -2.48. The molecule has 282 valence electrons. The molecule has 5 unspecified atom stereocenters. The Morgan fingerprint density at radius 3 is 2.27 bits per heavy atom. The minimum atomic E-state index is -1.07. The average molecular weight is 721 g/mol. The minimum Gasteiger partial charge on any atom is -0.410 e. The summed E-state index contributed by atoms with van der Waals surface area (Å²) in [7, 11) is 10.1. The third-order valence-electron chi connectivity index (χ3n) is 12.9. The number of ketones is 1. The first kappa shape index (κ1) is 42.3. The SMILES string of the molecule is CCC(C)(C)C.CCc1cc2c(cc1OC(=O)N1CCC(N3CCCCC3)CC1)CCC1C2CCC2(C)C(=O)CCC12.[B]C([B])C(F)CCCS. The Bertz CT molecular complexity index is 1280. The highest BCUT2D eigenvalue weighted by Crippen LogP contribution is 2.59. The Hall–Kier alpha value is -1.47. The van der Waals surface area contributed by atoms with Crippen molar-refractivity contribution >= 4 is 40.2 Å². The standard InChI is InChI=1S/C31H44N2O3.C6H14.C5H9B2FS/c1-3-21-19-26-22(7-8-25-24(26)11-14-31(2)27(25)9-10-29(31)34)20-28(21)36-30(35)33-17-12-23(13-18-33)32-15-5-4-6-16-32;1-5-6(2,3)4;6-5(7)4(8)2-1-3-9/h19-20,23-25,27H,3-18H2,1-2H3;5H2,1-4H3;4-5,9H,1-3H2. The number of rotatable bonds is 7. The second-order valence-electron chi connectivity index (χ2n) is 17.4. The highest BCUT2D eigenvalue weighted by atomic mass is 32.1. The number of alkyl halides is 1. The number of hydrogen-bond donors (Lipinski definition) is 1. The number of Topliss-reactive ketones (excluding diaryl/α,β-unsaturated/α-hetero) is 1. The van der Waals surface area contributed by atoms with E-state index in [1.807, 2.05) is 4.90 Å². The van der Waals surface area contributed by atoms with E-state index in [0.717, 1.165) is 88.6 Å². The van der Waals surface area contributed by atoms with E-state index in [4.69, 9.17) is 20.4 Å². The zero-order chi connectivity index (χ0) is 37.3. The number of fused-ring (bicyclic) bond motifs is 5. The molecule has 5 atom stereocenters. The first-order chi connectivity index (χ1) is 24.2. The number of aryl methyl sites for hydroxylation is 2. The smallest absolute Gasteiger partial charge is 0.410 e. The van der Waals surface area contributed by atoms with Crippen molar-refractivity contribution in [3.05, 3.63) is 28.8 Å². The molecule has 9 heteroatoms. The average Bonchev–Trinajstić information content (AvgIpc) is 3.44. The van der Waals surface area contributed by atoms with Crippen LogP contribution in [0, 0.1) is 22.7 Å². The van der Waals surface area contributed by atoms with Crippen LogP contribution >= 0.6 is 12.6 Å². The van der Waals surface area contributed by atoms with Crippen LogP contribution in [0.15, 0.2) is 12.1 Å². The highest BCUT2D eigenvalue weighted by Gasteiger charge is 2.54. The van der Waals surface area contributed by atoms with Crippen molar-refractivity contribution in [2.24, 2.45) is 22.7 Å². The molecule has 0 N–H and O–H groups in total. The van der Waals surface area contributed by atoms with Crippen molar-refractivity contribution < 1.29 is 18.7 Å². The monoisotopic (exact) mass is 721 g/mol. The van der Waals surface area contributed by atoms with Gasteiger partial charge in [-0.15, -0.1) is 0 Å². The van der Waals surface area contributed by atoms with Gasteiger partial charge in [-0.05, 0) is 142 Å². The van der Waals surface area contributed by atoms with Gasteiger partial charge in [-0.2, -0.15) is 12.6 Å². The van der Waals surface area contributed by atoms with Gasteiger partial charge in [0, 0.05) is 31.0 Å². The van der Waals surface area contributed by atoms with Crippen molar-refractivity contribution in [1.82, 2.24) is 9.80 Å². The van der Waals surface area contributed by atoms with Crippen molar-refractivity contribution in [1.29, 1.82) is 0 Å². The Morgan fingerprint density at radius 2 is 1.69 bits per heavy atom. The molecule has 2 saturated carbocycles. The van der Waals surface area contributed by atoms with Crippen molar-refractivity contribution in [3.63, 3.8) is 0 Å². The predicted octanol–water partition coefficient (Wildman–Crippen LogP) is 9.68. The van der Waals surface area contributed by atoms with Gasteiger partial charge in [0.05, 0.1) is 21.9 Å².